The van der Waals surface area contributed by atoms with E-state index >= 15 is 0 Å². The van der Waals surface area contributed by atoms with Gasteiger partial charge in [0.2, 0.25) is 11.8 Å². The number of esters is 2. The zero-order chi connectivity index (χ0) is 20.7. The summed E-state index contributed by atoms with van der Waals surface area (Å²) in [5.41, 5.74) is 0. The molecule has 1 heterocycles. The quantitative estimate of drug-likeness (QED) is 0.479. The molecular weight excluding hydrogens is 354 g/mol. The molecule has 0 spiro atoms. The summed E-state index contributed by atoms with van der Waals surface area (Å²) in [4.78, 5) is 49.1. The first kappa shape index (κ1) is 22.9. The molecule has 2 amide bonds. The fourth-order valence-corrected chi connectivity index (χ4v) is 3.00. The Morgan fingerprint density at radius 2 is 1.11 bits per heavy atom. The number of carbonyl (C=O) groups is 4. The van der Waals surface area contributed by atoms with Gasteiger partial charge in [-0.3, -0.25) is 9.59 Å². The molecule has 1 aliphatic rings. The predicted octanol–water partition coefficient (Wildman–Crippen LogP) is -0.550. The highest BCUT2D eigenvalue weighted by molar-refractivity contribution is 5.92. The summed E-state index contributed by atoms with van der Waals surface area (Å²) in [5, 5.41) is 8.38. The number of rotatable bonds is 8. The molecule has 4 atom stereocenters. The van der Waals surface area contributed by atoms with Gasteiger partial charge in [0.05, 0.1) is 26.1 Å². The lowest BCUT2D eigenvalue weighted by Gasteiger charge is -2.25. The Balaban J connectivity index is 2.84. The van der Waals surface area contributed by atoms with Gasteiger partial charge in [0.25, 0.3) is 0 Å². The molecule has 1 fully saturated rings. The normalized spacial score (nSPS) is 21.5. The fourth-order valence-electron chi connectivity index (χ4n) is 3.00. The van der Waals surface area contributed by atoms with Crippen LogP contribution in [-0.2, 0) is 28.7 Å². The van der Waals surface area contributed by atoms with Crippen molar-refractivity contribution in [2.45, 2.75) is 39.8 Å². The van der Waals surface area contributed by atoms with E-state index in [2.05, 4.69) is 16.0 Å². The second-order valence-corrected chi connectivity index (χ2v) is 7.38. The third kappa shape index (κ3) is 5.92. The van der Waals surface area contributed by atoms with Gasteiger partial charge in [-0.25, -0.2) is 9.59 Å². The summed E-state index contributed by atoms with van der Waals surface area (Å²) in [5.74, 6) is -3.48. The van der Waals surface area contributed by atoms with Gasteiger partial charge in [0.15, 0.2) is 0 Å². The molecule has 9 heteroatoms. The van der Waals surface area contributed by atoms with Crippen molar-refractivity contribution in [1.29, 1.82) is 0 Å². The minimum absolute atomic E-state index is 0.160. The van der Waals surface area contributed by atoms with Gasteiger partial charge < -0.3 is 25.4 Å². The summed E-state index contributed by atoms with van der Waals surface area (Å²) >= 11 is 0. The maximum atomic E-state index is 12.7. The van der Waals surface area contributed by atoms with Gasteiger partial charge in [-0.05, 0) is 11.8 Å². The molecule has 0 aliphatic carbocycles. The van der Waals surface area contributed by atoms with Crippen LogP contribution in [0.5, 0.6) is 0 Å². The zero-order valence-corrected chi connectivity index (χ0v) is 16.8. The number of hydrogen-bond acceptors (Lipinski definition) is 7. The topological polar surface area (TPSA) is 123 Å². The van der Waals surface area contributed by atoms with Crippen LogP contribution in [0.15, 0.2) is 0 Å². The highest BCUT2D eigenvalue weighted by Crippen LogP contribution is 2.19. The minimum Gasteiger partial charge on any atom is -0.467 e. The fraction of sp³-hybridized carbons (Fsp3) is 0.778. The van der Waals surface area contributed by atoms with E-state index in [1.54, 1.807) is 27.7 Å². The molecule has 3 N–H and O–H groups in total. The van der Waals surface area contributed by atoms with Gasteiger partial charge in [0, 0.05) is 13.1 Å². The van der Waals surface area contributed by atoms with Crippen LogP contribution in [0.3, 0.4) is 0 Å². The number of amides is 2. The van der Waals surface area contributed by atoms with Crippen LogP contribution in [0.1, 0.15) is 27.7 Å². The molecule has 1 rings (SSSR count). The van der Waals surface area contributed by atoms with Gasteiger partial charge in [-0.15, -0.1) is 0 Å². The van der Waals surface area contributed by atoms with Crippen molar-refractivity contribution in [2.75, 3.05) is 27.3 Å². The van der Waals surface area contributed by atoms with Crippen molar-refractivity contribution in [3.8, 4) is 0 Å². The van der Waals surface area contributed by atoms with E-state index in [4.69, 9.17) is 9.47 Å². The third-order valence-electron chi connectivity index (χ3n) is 4.73. The first-order valence-electron chi connectivity index (χ1n) is 9.11. The smallest absolute Gasteiger partial charge is 0.328 e. The Morgan fingerprint density at radius 3 is 1.37 bits per heavy atom. The second-order valence-electron chi connectivity index (χ2n) is 7.38. The Bertz CT molecular complexity index is 515. The number of nitrogens with one attached hydrogen (secondary N) is 3. The predicted molar refractivity (Wildman–Crippen MR) is 97.4 cm³/mol. The molecule has 0 bridgehead atoms. The number of hydrogen-bond donors (Lipinski definition) is 3. The molecule has 9 nitrogen and oxygen atoms in total. The number of ether oxygens (including phenoxy) is 2. The molecule has 0 aromatic carbocycles. The van der Waals surface area contributed by atoms with Crippen LogP contribution in [0.4, 0.5) is 0 Å². The number of methoxy groups -OCH3 is 2. The van der Waals surface area contributed by atoms with E-state index in [9.17, 15) is 19.2 Å². The SMILES string of the molecule is COC(=O)[C@@H](NC(=O)[C@H]1CNC[C@@H]1C(=O)N[C@H](C(=O)OC)C(C)C)C(C)C. The van der Waals surface area contributed by atoms with E-state index in [0.717, 1.165) is 0 Å². The zero-order valence-electron chi connectivity index (χ0n) is 16.8. The number of carbonyl (C=O) groups excluding carboxylic acids is 4. The minimum atomic E-state index is -0.787. The molecule has 0 saturated carbocycles. The van der Waals surface area contributed by atoms with E-state index in [-0.39, 0.29) is 11.8 Å². The van der Waals surface area contributed by atoms with Gasteiger partial charge in [-0.1, -0.05) is 27.7 Å². The molecule has 0 aromatic heterocycles. The van der Waals surface area contributed by atoms with Crippen LogP contribution in [0.25, 0.3) is 0 Å². The molecular formula is C18H31N3O6. The van der Waals surface area contributed by atoms with Crippen molar-refractivity contribution in [2.24, 2.45) is 23.7 Å². The molecule has 27 heavy (non-hydrogen) atoms. The maximum Gasteiger partial charge on any atom is 0.328 e. The molecule has 0 aromatic rings. The molecule has 0 unspecified atom stereocenters. The Morgan fingerprint density at radius 1 is 0.778 bits per heavy atom. The molecule has 154 valence electrons. The summed E-state index contributed by atoms with van der Waals surface area (Å²) < 4.78 is 9.46. The van der Waals surface area contributed by atoms with E-state index < -0.39 is 47.7 Å². The van der Waals surface area contributed by atoms with Crippen LogP contribution in [0.2, 0.25) is 0 Å². The highest BCUT2D eigenvalue weighted by Gasteiger charge is 2.41. The Kier molecular flexibility index (Phi) is 8.68. The van der Waals surface area contributed by atoms with Crippen LogP contribution < -0.4 is 16.0 Å². The van der Waals surface area contributed by atoms with Crippen LogP contribution in [0, 0.1) is 23.7 Å². The second kappa shape index (κ2) is 10.2. The summed E-state index contributed by atoms with van der Waals surface area (Å²) in [6.45, 7) is 7.79. The first-order valence-corrected chi connectivity index (χ1v) is 9.11. The summed E-state index contributed by atoms with van der Waals surface area (Å²) in [6, 6.07) is -1.57. The summed E-state index contributed by atoms with van der Waals surface area (Å²) in [6.07, 6.45) is 0. The molecule has 1 aliphatic heterocycles. The van der Waals surface area contributed by atoms with Crippen LogP contribution in [-0.4, -0.2) is 63.1 Å². The van der Waals surface area contributed by atoms with Crippen molar-refractivity contribution in [3.05, 3.63) is 0 Å². The molecule has 0 radical (unpaired) electrons. The van der Waals surface area contributed by atoms with E-state index in [0.29, 0.717) is 13.1 Å². The summed E-state index contributed by atoms with van der Waals surface area (Å²) in [7, 11) is 2.52. The third-order valence-corrected chi connectivity index (χ3v) is 4.73. The van der Waals surface area contributed by atoms with Crippen molar-refractivity contribution in [3.63, 3.8) is 0 Å². The standard InChI is InChI=1S/C18H31N3O6/c1-9(2)13(17(24)26-5)20-15(22)11-7-19-8-12(11)16(23)21-14(10(3)4)18(25)27-6/h9-14,19H,7-8H2,1-6H3,(H,20,22)(H,21,23)/t11-,12-,13-,14-/m0/s1. The van der Waals surface area contributed by atoms with Gasteiger partial charge >= 0.3 is 11.9 Å². The highest BCUT2D eigenvalue weighted by atomic mass is 16.5. The Hall–Kier alpha value is -2.16. The average Bonchev–Trinajstić information content (AvgIpc) is 3.11. The largest absolute Gasteiger partial charge is 0.467 e. The van der Waals surface area contributed by atoms with E-state index in [1.165, 1.54) is 14.2 Å². The van der Waals surface area contributed by atoms with Crippen molar-refractivity contribution >= 4 is 23.8 Å². The van der Waals surface area contributed by atoms with Crippen molar-refractivity contribution in [1.82, 2.24) is 16.0 Å². The van der Waals surface area contributed by atoms with Gasteiger partial charge in [0.1, 0.15) is 12.1 Å². The average molecular weight is 385 g/mol. The lowest BCUT2D eigenvalue weighted by molar-refractivity contribution is -0.148. The molecule has 1 saturated heterocycles. The van der Waals surface area contributed by atoms with Gasteiger partial charge in [-0.2, -0.15) is 0 Å². The van der Waals surface area contributed by atoms with Crippen LogP contribution >= 0.6 is 0 Å². The lowest BCUT2D eigenvalue weighted by Crippen LogP contribution is -2.52. The Labute approximate surface area is 159 Å². The first-order chi connectivity index (χ1) is 12.6. The van der Waals surface area contributed by atoms with E-state index in [1.807, 2.05) is 0 Å². The monoisotopic (exact) mass is 385 g/mol. The van der Waals surface area contributed by atoms with Crippen molar-refractivity contribution < 1.29 is 28.7 Å². The lowest BCUT2D eigenvalue weighted by atomic mass is 9.92. The maximum absolute atomic E-state index is 12.7.